The lowest BCUT2D eigenvalue weighted by Crippen LogP contribution is -2.19. The van der Waals surface area contributed by atoms with Crippen molar-refractivity contribution in [1.82, 2.24) is 0 Å². The molecule has 0 unspecified atom stereocenters. The van der Waals surface area contributed by atoms with Crippen molar-refractivity contribution in [2.24, 2.45) is 0 Å². The third-order valence-corrected chi connectivity index (χ3v) is 4.59. The maximum absolute atomic E-state index is 12.5. The Morgan fingerprint density at radius 3 is 2.53 bits per heavy atom. The van der Waals surface area contributed by atoms with Gasteiger partial charge < -0.3 is 0 Å². The van der Waals surface area contributed by atoms with Gasteiger partial charge in [0, 0.05) is 12.0 Å². The number of ketones is 1. The van der Waals surface area contributed by atoms with Crippen LogP contribution in [0.5, 0.6) is 0 Å². The van der Waals surface area contributed by atoms with Gasteiger partial charge in [0.2, 0.25) is 0 Å². The van der Waals surface area contributed by atoms with Crippen LogP contribution < -0.4 is 0 Å². The average molecular weight is 258 g/mol. The van der Waals surface area contributed by atoms with Gasteiger partial charge in [0.15, 0.2) is 5.78 Å². The molecule has 1 aliphatic carbocycles. The largest absolute Gasteiger partial charge is 0.294 e. The van der Waals surface area contributed by atoms with E-state index in [1.165, 1.54) is 22.3 Å². The molecule has 0 radical (unpaired) electrons. The van der Waals surface area contributed by atoms with Crippen LogP contribution in [0, 0.1) is 6.92 Å². The number of carbonyl (C=O) groups is 1. The van der Waals surface area contributed by atoms with E-state index in [1.54, 1.807) is 0 Å². The van der Waals surface area contributed by atoms with Gasteiger partial charge in [0.25, 0.3) is 0 Å². The van der Waals surface area contributed by atoms with Crippen LogP contribution in [-0.4, -0.2) is 5.78 Å². The van der Waals surface area contributed by atoms with E-state index < -0.39 is 0 Å². The van der Waals surface area contributed by atoms with Crippen molar-refractivity contribution in [2.45, 2.75) is 72.1 Å². The zero-order valence-electron chi connectivity index (χ0n) is 13.2. The first-order chi connectivity index (χ1) is 8.79. The van der Waals surface area contributed by atoms with Crippen LogP contribution in [0.15, 0.2) is 6.07 Å². The molecule has 0 heterocycles. The lowest BCUT2D eigenvalue weighted by atomic mass is 9.77. The molecule has 104 valence electrons. The fourth-order valence-electron chi connectivity index (χ4n) is 3.45. The van der Waals surface area contributed by atoms with Crippen molar-refractivity contribution in [2.75, 3.05) is 0 Å². The summed E-state index contributed by atoms with van der Waals surface area (Å²) in [7, 11) is 0. The molecule has 1 heteroatoms. The van der Waals surface area contributed by atoms with Crippen LogP contribution in [-0.2, 0) is 11.8 Å². The first-order valence-electron chi connectivity index (χ1n) is 7.49. The molecule has 0 aromatic heterocycles. The predicted octanol–water partition coefficient (Wildman–Crippen LogP) is 4.93. The normalized spacial score (nSPS) is 16.8. The van der Waals surface area contributed by atoms with Crippen LogP contribution in [0.3, 0.4) is 0 Å². The second-order valence-corrected chi connectivity index (χ2v) is 6.83. The molecule has 0 N–H and O–H groups in total. The maximum Gasteiger partial charge on any atom is 0.163 e. The Morgan fingerprint density at radius 1 is 1.37 bits per heavy atom. The lowest BCUT2D eigenvalue weighted by Gasteiger charge is -2.26. The third kappa shape index (κ3) is 2.24. The van der Waals surface area contributed by atoms with Gasteiger partial charge in [-0.25, -0.2) is 0 Å². The first kappa shape index (κ1) is 14.3. The summed E-state index contributed by atoms with van der Waals surface area (Å²) in [5.41, 5.74) is 6.59. The quantitative estimate of drug-likeness (QED) is 0.702. The molecule has 0 saturated heterocycles. The summed E-state index contributed by atoms with van der Waals surface area (Å²) in [6.45, 7) is 13.1. The van der Waals surface area contributed by atoms with Crippen molar-refractivity contribution < 1.29 is 4.79 Å². The average Bonchev–Trinajstić information content (AvgIpc) is 2.65. The summed E-state index contributed by atoms with van der Waals surface area (Å²) in [5, 5.41) is 0. The van der Waals surface area contributed by atoms with Gasteiger partial charge in [0.05, 0.1) is 0 Å². The second kappa shape index (κ2) is 4.77. The number of benzene rings is 1. The number of hydrogen-bond acceptors (Lipinski definition) is 1. The van der Waals surface area contributed by atoms with E-state index in [4.69, 9.17) is 0 Å². The summed E-state index contributed by atoms with van der Waals surface area (Å²) in [6, 6.07) is 2.26. The van der Waals surface area contributed by atoms with Crippen molar-refractivity contribution >= 4 is 5.78 Å². The third-order valence-electron chi connectivity index (χ3n) is 4.59. The standard InChI is InChI=1S/C18H26O/c1-7-15(19)16-14(11(2)3)10-12(4)13-8-9-18(5,6)17(13)16/h10-11H,7-9H2,1-6H3. The molecule has 0 fully saturated rings. The highest BCUT2D eigenvalue weighted by Gasteiger charge is 2.36. The van der Waals surface area contributed by atoms with Crippen LogP contribution in [0.25, 0.3) is 0 Å². The molecule has 0 saturated carbocycles. The zero-order chi connectivity index (χ0) is 14.4. The lowest BCUT2D eigenvalue weighted by molar-refractivity contribution is 0.0984. The Morgan fingerprint density at radius 2 is 2.00 bits per heavy atom. The van der Waals surface area contributed by atoms with Gasteiger partial charge in [-0.2, -0.15) is 0 Å². The van der Waals surface area contributed by atoms with Crippen molar-refractivity contribution in [1.29, 1.82) is 0 Å². The topological polar surface area (TPSA) is 17.1 Å². The van der Waals surface area contributed by atoms with E-state index in [-0.39, 0.29) is 5.41 Å². The Bertz CT molecular complexity index is 521. The summed E-state index contributed by atoms with van der Waals surface area (Å²) in [5.74, 6) is 0.723. The Balaban J connectivity index is 2.81. The molecule has 1 aromatic rings. The monoisotopic (exact) mass is 258 g/mol. The van der Waals surface area contributed by atoms with E-state index in [0.29, 0.717) is 18.1 Å². The maximum atomic E-state index is 12.5. The Hall–Kier alpha value is -1.11. The van der Waals surface area contributed by atoms with E-state index in [2.05, 4.69) is 40.7 Å². The van der Waals surface area contributed by atoms with Crippen LogP contribution in [0.2, 0.25) is 0 Å². The predicted molar refractivity (Wildman–Crippen MR) is 81.2 cm³/mol. The number of fused-ring (bicyclic) bond motifs is 1. The molecule has 0 atom stereocenters. The highest BCUT2D eigenvalue weighted by Crippen LogP contribution is 2.44. The van der Waals surface area contributed by atoms with E-state index in [1.807, 2.05) is 6.92 Å². The van der Waals surface area contributed by atoms with E-state index in [0.717, 1.165) is 18.4 Å². The van der Waals surface area contributed by atoms with Crippen LogP contribution in [0.4, 0.5) is 0 Å². The minimum absolute atomic E-state index is 0.144. The van der Waals surface area contributed by atoms with Gasteiger partial charge >= 0.3 is 0 Å². The molecule has 0 aliphatic heterocycles. The van der Waals surface area contributed by atoms with Crippen molar-refractivity contribution in [3.63, 3.8) is 0 Å². The molecule has 0 bridgehead atoms. The summed E-state index contributed by atoms with van der Waals surface area (Å²) < 4.78 is 0. The van der Waals surface area contributed by atoms with E-state index >= 15 is 0 Å². The van der Waals surface area contributed by atoms with Gasteiger partial charge in [-0.15, -0.1) is 0 Å². The summed E-state index contributed by atoms with van der Waals surface area (Å²) in [4.78, 5) is 12.5. The fraction of sp³-hybridized carbons (Fsp3) is 0.611. The molecule has 2 rings (SSSR count). The Labute approximate surface area is 117 Å². The highest BCUT2D eigenvalue weighted by atomic mass is 16.1. The smallest absolute Gasteiger partial charge is 0.163 e. The number of Topliss-reactive ketones (excluding diaryl/α,β-unsaturated/α-hetero) is 1. The van der Waals surface area contributed by atoms with Crippen molar-refractivity contribution in [3.8, 4) is 0 Å². The Kier molecular flexibility index (Phi) is 3.59. The van der Waals surface area contributed by atoms with Gasteiger partial charge in [-0.3, -0.25) is 4.79 Å². The molecule has 1 nitrogen and oxygen atoms in total. The second-order valence-electron chi connectivity index (χ2n) is 6.83. The highest BCUT2D eigenvalue weighted by molar-refractivity contribution is 6.00. The minimum atomic E-state index is 0.144. The molecule has 1 aromatic carbocycles. The summed E-state index contributed by atoms with van der Waals surface area (Å²) >= 11 is 0. The number of aryl methyl sites for hydroxylation is 1. The molecule has 0 spiro atoms. The number of hydrogen-bond donors (Lipinski definition) is 0. The molecular formula is C18H26O. The zero-order valence-corrected chi connectivity index (χ0v) is 13.2. The van der Waals surface area contributed by atoms with Gasteiger partial charge in [-0.1, -0.05) is 40.7 Å². The minimum Gasteiger partial charge on any atom is -0.294 e. The molecule has 0 amide bonds. The molecule has 19 heavy (non-hydrogen) atoms. The van der Waals surface area contributed by atoms with Crippen molar-refractivity contribution in [3.05, 3.63) is 33.9 Å². The molecule has 1 aliphatic rings. The molecular weight excluding hydrogens is 232 g/mol. The van der Waals surface area contributed by atoms with Gasteiger partial charge in [0.1, 0.15) is 0 Å². The first-order valence-corrected chi connectivity index (χ1v) is 7.49. The van der Waals surface area contributed by atoms with E-state index in [9.17, 15) is 4.79 Å². The number of rotatable bonds is 3. The summed E-state index contributed by atoms with van der Waals surface area (Å²) in [6.07, 6.45) is 2.89. The number of carbonyl (C=O) groups excluding carboxylic acids is 1. The van der Waals surface area contributed by atoms with Crippen LogP contribution >= 0.6 is 0 Å². The SMILES string of the molecule is CCC(=O)c1c(C(C)C)cc(C)c2c1C(C)(C)CC2. The van der Waals surface area contributed by atoms with Crippen LogP contribution in [0.1, 0.15) is 86.0 Å². The van der Waals surface area contributed by atoms with Gasteiger partial charge in [-0.05, 0) is 53.4 Å². The fourth-order valence-corrected chi connectivity index (χ4v) is 3.45.